The van der Waals surface area contributed by atoms with Crippen molar-refractivity contribution in [2.75, 3.05) is 31.5 Å². The number of urea groups is 1. The lowest BCUT2D eigenvalue weighted by molar-refractivity contribution is -0.197. The Kier molecular flexibility index (Phi) is 15.3. The van der Waals surface area contributed by atoms with Crippen LogP contribution in [0.15, 0.2) is 24.3 Å². The highest BCUT2D eigenvalue weighted by atomic mass is 19.4. The number of esters is 1. The van der Waals surface area contributed by atoms with E-state index < -0.39 is 108 Å². The molecule has 5 amide bonds. The Hall–Kier alpha value is -5.01. The first-order chi connectivity index (χ1) is 24.9. The summed E-state index contributed by atoms with van der Waals surface area (Å²) in [6.07, 6.45) is -5.53. The Morgan fingerprint density at radius 1 is 0.906 bits per heavy atom. The van der Waals surface area contributed by atoms with Crippen LogP contribution in [0.1, 0.15) is 51.0 Å². The SMILES string of the molecule is CCc1ccc(NC(=O)C(CCCNC(N)=O)NC(=O)CNC(=O)CCCN2CCC(C(=O)Oc3c(F)c(F)c(F)c(F)c3F)CC2C(F)(F)F)cc1. The number of halogens is 8. The number of benzene rings is 2. The summed E-state index contributed by atoms with van der Waals surface area (Å²) in [5.41, 5.74) is 6.55. The summed E-state index contributed by atoms with van der Waals surface area (Å²) in [5, 5.41) is 9.87. The standard InChI is InChI=1S/C33H38F8N6O6/c1-2-17-7-9-19(10-8-17)45-30(50)20(5-3-12-43-32(42)52)46-23(49)16-44-22(48)6-4-13-47-14-11-18(15-21(47)33(39,40)41)31(51)53-29-27(37)25(35)24(34)26(36)28(29)38/h7-10,18,20-21H,2-6,11-16H2,1H3,(H,44,48)(H,45,50)(H,46,49)(H3,42,43,52). The van der Waals surface area contributed by atoms with Gasteiger partial charge in [0.05, 0.1) is 12.5 Å². The van der Waals surface area contributed by atoms with Gasteiger partial charge < -0.3 is 31.7 Å². The fraction of sp³-hybridized carbons (Fsp3) is 0.485. The molecule has 2 aromatic rings. The van der Waals surface area contributed by atoms with E-state index in [1.165, 1.54) is 0 Å². The summed E-state index contributed by atoms with van der Waals surface area (Å²) in [5.74, 6) is -19.4. The van der Waals surface area contributed by atoms with Gasteiger partial charge in [0, 0.05) is 18.7 Å². The van der Waals surface area contributed by atoms with Crippen LogP contribution in [0.25, 0.3) is 0 Å². The highest BCUT2D eigenvalue weighted by molar-refractivity contribution is 5.97. The molecule has 0 aromatic heterocycles. The molecule has 20 heteroatoms. The summed E-state index contributed by atoms with van der Waals surface area (Å²) in [6.45, 7) is 0.805. The number of hydrogen-bond acceptors (Lipinski definition) is 7. The molecule has 0 saturated carbocycles. The monoisotopic (exact) mass is 766 g/mol. The second-order valence-corrected chi connectivity index (χ2v) is 12.1. The molecule has 1 heterocycles. The number of hydrogen-bond donors (Lipinski definition) is 5. The van der Waals surface area contributed by atoms with E-state index in [1.807, 2.05) is 19.1 Å². The Morgan fingerprint density at radius 2 is 1.53 bits per heavy atom. The second-order valence-electron chi connectivity index (χ2n) is 12.1. The molecule has 1 fully saturated rings. The van der Waals surface area contributed by atoms with Gasteiger partial charge in [-0.15, -0.1) is 0 Å². The lowest BCUT2D eigenvalue weighted by atomic mass is 9.90. The third-order valence-electron chi connectivity index (χ3n) is 8.34. The average molecular weight is 767 g/mol. The minimum absolute atomic E-state index is 0.0880. The maximum Gasteiger partial charge on any atom is 0.404 e. The third-order valence-corrected chi connectivity index (χ3v) is 8.34. The number of nitrogens with one attached hydrogen (secondary N) is 4. The molecule has 3 unspecified atom stereocenters. The number of nitrogens with zero attached hydrogens (tertiary/aromatic N) is 1. The molecular weight excluding hydrogens is 728 g/mol. The molecule has 3 rings (SSSR count). The normalized spacial score (nSPS) is 16.7. The Labute approximate surface area is 298 Å². The van der Waals surface area contributed by atoms with Gasteiger partial charge in [-0.2, -0.15) is 22.0 Å². The van der Waals surface area contributed by atoms with E-state index in [2.05, 4.69) is 26.0 Å². The molecular formula is C33H38F8N6O6. The van der Waals surface area contributed by atoms with Gasteiger partial charge in [0.1, 0.15) is 12.1 Å². The van der Waals surface area contributed by atoms with Crippen molar-refractivity contribution in [2.45, 2.75) is 70.1 Å². The van der Waals surface area contributed by atoms with Gasteiger partial charge in [-0.05, 0) is 69.3 Å². The van der Waals surface area contributed by atoms with Crippen molar-refractivity contribution in [3.8, 4) is 5.75 Å². The number of nitrogens with two attached hydrogens (primary N) is 1. The molecule has 6 N–H and O–H groups in total. The van der Waals surface area contributed by atoms with Crippen LogP contribution in [0.5, 0.6) is 5.75 Å². The summed E-state index contributed by atoms with van der Waals surface area (Å²) in [6, 6.07) is 2.88. The smallest absolute Gasteiger partial charge is 0.404 e. The first-order valence-electron chi connectivity index (χ1n) is 16.5. The molecule has 0 aliphatic carbocycles. The van der Waals surface area contributed by atoms with Gasteiger partial charge in [-0.1, -0.05) is 19.1 Å². The number of carbonyl (C=O) groups is 5. The number of aryl methyl sites for hydroxylation is 1. The zero-order valence-electron chi connectivity index (χ0n) is 28.3. The van der Waals surface area contributed by atoms with E-state index in [0.29, 0.717) is 5.69 Å². The first-order valence-corrected chi connectivity index (χ1v) is 16.5. The zero-order valence-corrected chi connectivity index (χ0v) is 28.3. The summed E-state index contributed by atoms with van der Waals surface area (Å²) in [7, 11) is 0. The molecule has 1 aliphatic heterocycles. The number of likely N-dealkylation sites (tertiary alicyclic amines) is 1. The van der Waals surface area contributed by atoms with Crippen molar-refractivity contribution in [3.63, 3.8) is 0 Å². The number of rotatable bonds is 16. The van der Waals surface area contributed by atoms with E-state index in [0.717, 1.165) is 16.9 Å². The van der Waals surface area contributed by atoms with Crippen molar-refractivity contribution in [1.29, 1.82) is 0 Å². The van der Waals surface area contributed by atoms with Gasteiger partial charge in [0.25, 0.3) is 0 Å². The minimum Gasteiger partial charge on any atom is -0.420 e. The van der Waals surface area contributed by atoms with E-state index in [9.17, 15) is 59.1 Å². The van der Waals surface area contributed by atoms with Crippen LogP contribution < -0.4 is 31.7 Å². The highest BCUT2D eigenvalue weighted by Crippen LogP contribution is 2.36. The number of anilines is 1. The van der Waals surface area contributed by atoms with Crippen molar-refractivity contribution in [2.24, 2.45) is 11.7 Å². The third kappa shape index (κ3) is 12.3. The largest absolute Gasteiger partial charge is 0.420 e. The molecule has 292 valence electrons. The maximum atomic E-state index is 13.9. The summed E-state index contributed by atoms with van der Waals surface area (Å²) >= 11 is 0. The first kappa shape index (κ1) is 42.4. The van der Waals surface area contributed by atoms with Crippen LogP contribution in [-0.4, -0.2) is 79.1 Å². The molecule has 3 atom stereocenters. The van der Waals surface area contributed by atoms with Crippen molar-refractivity contribution < 1.29 is 63.8 Å². The molecule has 53 heavy (non-hydrogen) atoms. The van der Waals surface area contributed by atoms with Gasteiger partial charge in [-0.3, -0.25) is 24.1 Å². The number of amides is 5. The summed E-state index contributed by atoms with van der Waals surface area (Å²) in [4.78, 5) is 62.4. The predicted octanol–water partition coefficient (Wildman–Crippen LogP) is 3.96. The molecule has 1 aliphatic rings. The predicted molar refractivity (Wildman–Crippen MR) is 171 cm³/mol. The molecule has 0 bridgehead atoms. The Morgan fingerprint density at radius 3 is 2.11 bits per heavy atom. The Bertz CT molecular complexity index is 1620. The highest BCUT2D eigenvalue weighted by Gasteiger charge is 2.48. The number of piperidine rings is 1. The van der Waals surface area contributed by atoms with Crippen LogP contribution in [0.4, 0.5) is 45.6 Å². The van der Waals surface area contributed by atoms with Gasteiger partial charge in [-0.25, -0.2) is 18.0 Å². The lowest BCUT2D eigenvalue weighted by Gasteiger charge is -2.39. The van der Waals surface area contributed by atoms with Gasteiger partial charge >= 0.3 is 18.2 Å². The van der Waals surface area contributed by atoms with E-state index in [-0.39, 0.29) is 45.2 Å². The molecule has 1 saturated heterocycles. The minimum atomic E-state index is -4.92. The quantitative estimate of drug-likeness (QED) is 0.0430. The zero-order chi connectivity index (χ0) is 39.5. The molecule has 2 aromatic carbocycles. The van der Waals surface area contributed by atoms with Crippen LogP contribution in [0, 0.1) is 35.0 Å². The number of alkyl halides is 3. The van der Waals surface area contributed by atoms with E-state index in [4.69, 9.17) is 5.73 Å². The van der Waals surface area contributed by atoms with Gasteiger partial charge in [0.2, 0.25) is 52.6 Å². The molecule has 0 radical (unpaired) electrons. The van der Waals surface area contributed by atoms with E-state index >= 15 is 0 Å². The summed E-state index contributed by atoms with van der Waals surface area (Å²) < 4.78 is 114. The van der Waals surface area contributed by atoms with Crippen LogP contribution in [0.3, 0.4) is 0 Å². The van der Waals surface area contributed by atoms with Crippen LogP contribution >= 0.6 is 0 Å². The van der Waals surface area contributed by atoms with Crippen molar-refractivity contribution in [3.05, 3.63) is 58.9 Å². The fourth-order valence-electron chi connectivity index (χ4n) is 5.49. The Balaban J connectivity index is 1.51. The second kappa shape index (κ2) is 19.2. The maximum absolute atomic E-state index is 13.9. The topological polar surface area (TPSA) is 172 Å². The molecule has 12 nitrogen and oxygen atoms in total. The van der Waals surface area contributed by atoms with Crippen LogP contribution in [0.2, 0.25) is 0 Å². The van der Waals surface area contributed by atoms with Crippen LogP contribution in [-0.2, 0) is 25.6 Å². The molecule has 0 spiro atoms. The average Bonchev–Trinajstić information content (AvgIpc) is 3.11. The van der Waals surface area contributed by atoms with E-state index in [1.54, 1.807) is 12.1 Å². The van der Waals surface area contributed by atoms with Gasteiger partial charge in [0.15, 0.2) is 0 Å². The number of carbonyl (C=O) groups excluding carboxylic acids is 5. The number of ether oxygens (including phenoxy) is 1. The fourth-order valence-corrected chi connectivity index (χ4v) is 5.49. The lowest BCUT2D eigenvalue weighted by Crippen LogP contribution is -2.52. The van der Waals surface area contributed by atoms with Crippen molar-refractivity contribution >= 4 is 35.4 Å². The number of primary amides is 1. The van der Waals surface area contributed by atoms with Crippen molar-refractivity contribution in [1.82, 2.24) is 20.9 Å².